The first-order chi connectivity index (χ1) is 9.41. The van der Waals surface area contributed by atoms with Gasteiger partial charge < -0.3 is 10.0 Å². The molecule has 1 aliphatic rings. The number of hydrogen-bond donors (Lipinski definition) is 1. The number of carbonyl (C=O) groups excluding carboxylic acids is 1. The van der Waals surface area contributed by atoms with Crippen LogP contribution in [0.15, 0.2) is 18.2 Å². The van der Waals surface area contributed by atoms with Gasteiger partial charge in [-0.25, -0.2) is 0 Å². The van der Waals surface area contributed by atoms with Gasteiger partial charge in [0.05, 0.1) is 5.92 Å². The smallest absolute Gasteiger partial charge is 0.306 e. The van der Waals surface area contributed by atoms with Crippen LogP contribution in [-0.4, -0.2) is 35.0 Å². The summed E-state index contributed by atoms with van der Waals surface area (Å²) < 4.78 is 1.07. The van der Waals surface area contributed by atoms with E-state index in [0.29, 0.717) is 19.5 Å². The summed E-state index contributed by atoms with van der Waals surface area (Å²) in [6.45, 7) is 4.88. The molecular weight excluding hydrogens is 369 g/mol. The number of amides is 1. The first kappa shape index (κ1) is 15.3. The molecule has 108 valence electrons. The van der Waals surface area contributed by atoms with Crippen LogP contribution in [-0.2, 0) is 4.79 Å². The monoisotopic (exact) mass is 387 g/mol. The summed E-state index contributed by atoms with van der Waals surface area (Å²) >= 11 is 2.22. The molecule has 1 fully saturated rings. The van der Waals surface area contributed by atoms with Gasteiger partial charge in [0.1, 0.15) is 0 Å². The molecule has 20 heavy (non-hydrogen) atoms. The molecular formula is C15H18INO3. The van der Waals surface area contributed by atoms with Crippen molar-refractivity contribution >= 4 is 34.5 Å². The summed E-state index contributed by atoms with van der Waals surface area (Å²) in [5.41, 5.74) is 1.71. The number of nitrogens with zero attached hydrogens (tertiary/aromatic N) is 1. The van der Waals surface area contributed by atoms with Crippen LogP contribution < -0.4 is 0 Å². The molecule has 1 heterocycles. The predicted octanol–water partition coefficient (Wildman–Crippen LogP) is 2.78. The molecule has 1 amide bonds. The van der Waals surface area contributed by atoms with Crippen molar-refractivity contribution in [3.63, 3.8) is 0 Å². The lowest BCUT2D eigenvalue weighted by Crippen LogP contribution is -2.45. The van der Waals surface area contributed by atoms with E-state index >= 15 is 0 Å². The first-order valence-corrected chi connectivity index (χ1v) is 7.77. The average Bonchev–Trinajstić information content (AvgIpc) is 2.40. The van der Waals surface area contributed by atoms with Gasteiger partial charge in [-0.3, -0.25) is 9.59 Å². The van der Waals surface area contributed by atoms with Crippen LogP contribution in [0.1, 0.15) is 29.3 Å². The topological polar surface area (TPSA) is 57.6 Å². The second-order valence-corrected chi connectivity index (χ2v) is 6.54. The SMILES string of the molecule is Cc1c(I)cccc1C(=O)N1CCC(C(=O)O)C(C)C1. The van der Waals surface area contributed by atoms with Crippen LogP contribution in [0.4, 0.5) is 0 Å². The zero-order chi connectivity index (χ0) is 14.9. The van der Waals surface area contributed by atoms with Crippen LogP contribution in [0, 0.1) is 22.3 Å². The predicted molar refractivity (Wildman–Crippen MR) is 84.7 cm³/mol. The van der Waals surface area contributed by atoms with Crippen LogP contribution in [0.2, 0.25) is 0 Å². The Morgan fingerprint density at radius 3 is 2.70 bits per heavy atom. The minimum atomic E-state index is -0.755. The van der Waals surface area contributed by atoms with Gasteiger partial charge in [0, 0.05) is 22.2 Å². The molecule has 0 radical (unpaired) electrons. The molecule has 1 aliphatic heterocycles. The molecule has 2 rings (SSSR count). The highest BCUT2D eigenvalue weighted by molar-refractivity contribution is 14.1. The molecule has 0 saturated carbocycles. The summed E-state index contributed by atoms with van der Waals surface area (Å²) in [6.07, 6.45) is 0.533. The fourth-order valence-corrected chi connectivity index (χ4v) is 3.20. The fraction of sp³-hybridized carbons (Fsp3) is 0.467. The lowest BCUT2D eigenvalue weighted by atomic mass is 9.86. The van der Waals surface area contributed by atoms with E-state index in [1.54, 1.807) is 4.90 Å². The van der Waals surface area contributed by atoms with E-state index in [-0.39, 0.29) is 17.7 Å². The molecule has 2 atom stereocenters. The van der Waals surface area contributed by atoms with Gasteiger partial charge >= 0.3 is 5.97 Å². The van der Waals surface area contributed by atoms with Crippen molar-refractivity contribution in [1.82, 2.24) is 4.90 Å². The van der Waals surface area contributed by atoms with Crippen molar-refractivity contribution < 1.29 is 14.7 Å². The summed E-state index contributed by atoms with van der Waals surface area (Å²) in [6, 6.07) is 5.70. The fourth-order valence-electron chi connectivity index (χ4n) is 2.71. The first-order valence-electron chi connectivity index (χ1n) is 6.69. The second kappa shape index (κ2) is 6.11. The number of piperidine rings is 1. The maximum absolute atomic E-state index is 12.6. The third-order valence-corrected chi connectivity index (χ3v) is 5.18. The van der Waals surface area contributed by atoms with Crippen LogP contribution >= 0.6 is 22.6 Å². The van der Waals surface area contributed by atoms with Crippen molar-refractivity contribution in [2.24, 2.45) is 11.8 Å². The number of carboxylic acids is 1. The Labute approximate surface area is 132 Å². The number of hydrogen-bond acceptors (Lipinski definition) is 2. The maximum Gasteiger partial charge on any atom is 0.306 e. The largest absolute Gasteiger partial charge is 0.481 e. The molecule has 5 heteroatoms. The van der Waals surface area contributed by atoms with Gasteiger partial charge in [0.15, 0.2) is 0 Å². The number of benzene rings is 1. The van der Waals surface area contributed by atoms with Gasteiger partial charge in [-0.05, 0) is 59.5 Å². The van der Waals surface area contributed by atoms with Gasteiger partial charge in [-0.2, -0.15) is 0 Å². The third kappa shape index (κ3) is 2.97. The highest BCUT2D eigenvalue weighted by atomic mass is 127. The average molecular weight is 387 g/mol. The van der Waals surface area contributed by atoms with Crippen molar-refractivity contribution in [3.05, 3.63) is 32.9 Å². The number of aliphatic carboxylic acids is 1. The summed E-state index contributed by atoms with van der Waals surface area (Å²) in [4.78, 5) is 25.5. The molecule has 0 aromatic heterocycles. The maximum atomic E-state index is 12.6. The molecule has 1 aromatic carbocycles. The second-order valence-electron chi connectivity index (χ2n) is 5.37. The Kier molecular flexibility index (Phi) is 4.67. The van der Waals surface area contributed by atoms with E-state index in [4.69, 9.17) is 5.11 Å². The lowest BCUT2D eigenvalue weighted by Gasteiger charge is -2.35. The highest BCUT2D eigenvalue weighted by Gasteiger charge is 2.33. The zero-order valence-electron chi connectivity index (χ0n) is 11.6. The molecule has 0 bridgehead atoms. The van der Waals surface area contributed by atoms with Gasteiger partial charge in [0.25, 0.3) is 5.91 Å². The molecule has 1 N–H and O–H groups in total. The minimum absolute atomic E-state index is 0.00621. The van der Waals surface area contributed by atoms with Crippen molar-refractivity contribution in [2.45, 2.75) is 20.3 Å². The normalized spacial score (nSPS) is 22.6. The van der Waals surface area contributed by atoms with Crippen LogP contribution in [0.5, 0.6) is 0 Å². The molecule has 1 aromatic rings. The van der Waals surface area contributed by atoms with Crippen molar-refractivity contribution in [1.29, 1.82) is 0 Å². The molecule has 0 aliphatic carbocycles. The van der Waals surface area contributed by atoms with E-state index in [1.165, 1.54) is 0 Å². The summed E-state index contributed by atoms with van der Waals surface area (Å²) in [5, 5.41) is 9.13. The minimum Gasteiger partial charge on any atom is -0.481 e. The Bertz CT molecular complexity index is 544. The zero-order valence-corrected chi connectivity index (χ0v) is 13.8. The molecule has 4 nitrogen and oxygen atoms in total. The van der Waals surface area contributed by atoms with Gasteiger partial charge in [-0.15, -0.1) is 0 Å². The Morgan fingerprint density at radius 1 is 1.40 bits per heavy atom. The summed E-state index contributed by atoms with van der Waals surface area (Å²) in [7, 11) is 0. The summed E-state index contributed by atoms with van der Waals surface area (Å²) in [5.74, 6) is -1.09. The Balaban J connectivity index is 2.15. The quantitative estimate of drug-likeness (QED) is 0.795. The van der Waals surface area contributed by atoms with Crippen LogP contribution in [0.3, 0.4) is 0 Å². The highest BCUT2D eigenvalue weighted by Crippen LogP contribution is 2.26. The molecule has 0 spiro atoms. The number of carboxylic acid groups (broad SMARTS) is 1. The van der Waals surface area contributed by atoms with Gasteiger partial charge in [-0.1, -0.05) is 13.0 Å². The van der Waals surface area contributed by atoms with E-state index in [0.717, 1.165) is 14.7 Å². The molecule has 1 saturated heterocycles. The van der Waals surface area contributed by atoms with E-state index in [1.807, 2.05) is 32.0 Å². The number of likely N-dealkylation sites (tertiary alicyclic amines) is 1. The van der Waals surface area contributed by atoms with Crippen molar-refractivity contribution in [3.8, 4) is 0 Å². The van der Waals surface area contributed by atoms with E-state index in [2.05, 4.69) is 22.6 Å². The van der Waals surface area contributed by atoms with Gasteiger partial charge in [0.2, 0.25) is 0 Å². The Morgan fingerprint density at radius 2 is 2.10 bits per heavy atom. The van der Waals surface area contributed by atoms with E-state index in [9.17, 15) is 9.59 Å². The Hall–Kier alpha value is -1.11. The number of halogens is 1. The third-order valence-electron chi connectivity index (χ3n) is 4.01. The lowest BCUT2D eigenvalue weighted by molar-refractivity contribution is -0.145. The number of carbonyl (C=O) groups is 2. The number of rotatable bonds is 2. The van der Waals surface area contributed by atoms with Crippen molar-refractivity contribution in [2.75, 3.05) is 13.1 Å². The standard InChI is InChI=1S/C15H18INO3/c1-9-8-17(7-6-11(9)15(19)20)14(18)12-4-3-5-13(16)10(12)2/h3-5,9,11H,6-8H2,1-2H3,(H,19,20). The van der Waals surface area contributed by atoms with Crippen LogP contribution in [0.25, 0.3) is 0 Å². The van der Waals surface area contributed by atoms with E-state index < -0.39 is 5.97 Å². The molecule has 2 unspecified atom stereocenters.